The quantitative estimate of drug-likeness (QED) is 0.717. The lowest BCUT2D eigenvalue weighted by Crippen LogP contribution is -2.51. The molecule has 1 saturated heterocycles. The van der Waals surface area contributed by atoms with Crippen LogP contribution in [0.1, 0.15) is 39.5 Å². The minimum Gasteiger partial charge on any atom is -0.481 e. The topological polar surface area (TPSA) is 78.9 Å². The molecular formula is C13H24N2O4. The molecule has 2 N–H and O–H groups in total. The third-order valence-electron chi connectivity index (χ3n) is 3.05. The largest absolute Gasteiger partial charge is 0.481 e. The van der Waals surface area contributed by atoms with Crippen molar-refractivity contribution in [1.82, 2.24) is 10.2 Å². The number of amides is 2. The number of ether oxygens (including phenoxy) is 1. The minimum atomic E-state index is -0.764. The monoisotopic (exact) mass is 272 g/mol. The van der Waals surface area contributed by atoms with Crippen LogP contribution in [0, 0.1) is 0 Å². The highest BCUT2D eigenvalue weighted by atomic mass is 16.5. The Morgan fingerprint density at radius 1 is 1.21 bits per heavy atom. The van der Waals surface area contributed by atoms with Crippen LogP contribution in [0.15, 0.2) is 0 Å². The summed E-state index contributed by atoms with van der Waals surface area (Å²) in [5.41, 5.74) is 0. The van der Waals surface area contributed by atoms with Crippen molar-refractivity contribution in [3.05, 3.63) is 0 Å². The molecule has 2 amide bonds. The van der Waals surface area contributed by atoms with Crippen molar-refractivity contribution in [2.45, 2.75) is 51.7 Å². The van der Waals surface area contributed by atoms with Crippen LogP contribution in [-0.4, -0.2) is 53.8 Å². The zero-order valence-electron chi connectivity index (χ0n) is 11.7. The first kappa shape index (κ1) is 15.8. The standard InChI is InChI=1S/C13H24N2O4/c1-10-8-15(9-11(2)19-10)13(18)14-7-5-3-4-6-12(16)17/h10-11H,3-9H2,1-2H3,(H,14,18)(H,16,17). The molecule has 2 atom stereocenters. The number of carboxylic acids is 1. The highest BCUT2D eigenvalue weighted by Crippen LogP contribution is 2.10. The highest BCUT2D eigenvalue weighted by Gasteiger charge is 2.25. The molecule has 0 saturated carbocycles. The first-order valence-corrected chi connectivity index (χ1v) is 6.89. The number of hydrogen-bond donors (Lipinski definition) is 2. The molecule has 19 heavy (non-hydrogen) atoms. The zero-order valence-corrected chi connectivity index (χ0v) is 11.7. The summed E-state index contributed by atoms with van der Waals surface area (Å²) < 4.78 is 5.57. The molecule has 0 radical (unpaired) electrons. The van der Waals surface area contributed by atoms with Gasteiger partial charge in [-0.15, -0.1) is 0 Å². The first-order chi connectivity index (χ1) is 8.99. The van der Waals surface area contributed by atoms with E-state index in [1.165, 1.54) is 0 Å². The molecule has 1 fully saturated rings. The Kier molecular flexibility index (Phi) is 6.62. The number of nitrogens with zero attached hydrogens (tertiary/aromatic N) is 1. The van der Waals surface area contributed by atoms with Crippen LogP contribution in [-0.2, 0) is 9.53 Å². The highest BCUT2D eigenvalue weighted by molar-refractivity contribution is 5.74. The summed E-state index contributed by atoms with van der Waals surface area (Å²) in [6.07, 6.45) is 2.65. The number of urea groups is 1. The number of morpholine rings is 1. The maximum Gasteiger partial charge on any atom is 0.317 e. The number of rotatable bonds is 6. The van der Waals surface area contributed by atoms with Crippen molar-refractivity contribution >= 4 is 12.0 Å². The van der Waals surface area contributed by atoms with Crippen molar-refractivity contribution in [1.29, 1.82) is 0 Å². The summed E-state index contributed by atoms with van der Waals surface area (Å²) in [6, 6.07) is -0.0553. The summed E-state index contributed by atoms with van der Waals surface area (Å²) in [5, 5.41) is 11.4. The molecule has 110 valence electrons. The van der Waals surface area contributed by atoms with E-state index in [9.17, 15) is 9.59 Å². The number of carboxylic acid groups (broad SMARTS) is 1. The predicted molar refractivity (Wildman–Crippen MR) is 71.1 cm³/mol. The van der Waals surface area contributed by atoms with Crippen LogP contribution in [0.25, 0.3) is 0 Å². The van der Waals surface area contributed by atoms with Crippen LogP contribution in [0.2, 0.25) is 0 Å². The number of nitrogens with one attached hydrogen (secondary N) is 1. The van der Waals surface area contributed by atoms with Gasteiger partial charge in [0.1, 0.15) is 0 Å². The van der Waals surface area contributed by atoms with Crippen molar-refractivity contribution in [3.63, 3.8) is 0 Å². The molecule has 1 aliphatic rings. The fourth-order valence-corrected chi connectivity index (χ4v) is 2.23. The van der Waals surface area contributed by atoms with E-state index >= 15 is 0 Å². The van der Waals surface area contributed by atoms with Crippen molar-refractivity contribution in [3.8, 4) is 0 Å². The molecule has 0 aromatic rings. The van der Waals surface area contributed by atoms with E-state index in [1.807, 2.05) is 13.8 Å². The van der Waals surface area contributed by atoms with Gasteiger partial charge >= 0.3 is 12.0 Å². The maximum atomic E-state index is 11.9. The third kappa shape index (κ3) is 6.42. The fourth-order valence-electron chi connectivity index (χ4n) is 2.23. The first-order valence-electron chi connectivity index (χ1n) is 6.89. The number of carbonyl (C=O) groups excluding carboxylic acids is 1. The Balaban J connectivity index is 2.12. The SMILES string of the molecule is CC1CN(C(=O)NCCCCCC(=O)O)CC(C)O1. The maximum absolute atomic E-state index is 11.9. The molecule has 1 heterocycles. The van der Waals surface area contributed by atoms with E-state index in [0.29, 0.717) is 26.1 Å². The molecule has 0 aliphatic carbocycles. The van der Waals surface area contributed by atoms with Gasteiger partial charge < -0.3 is 20.1 Å². The average molecular weight is 272 g/mol. The molecule has 6 nitrogen and oxygen atoms in total. The van der Waals surface area contributed by atoms with Gasteiger partial charge in [-0.3, -0.25) is 4.79 Å². The van der Waals surface area contributed by atoms with Crippen LogP contribution in [0.5, 0.6) is 0 Å². The van der Waals surface area contributed by atoms with Gasteiger partial charge in [0.2, 0.25) is 0 Å². The molecule has 6 heteroatoms. The Hall–Kier alpha value is -1.30. The van der Waals surface area contributed by atoms with Gasteiger partial charge in [0.15, 0.2) is 0 Å². The van der Waals surface area contributed by atoms with Crippen LogP contribution >= 0.6 is 0 Å². The second-order valence-electron chi connectivity index (χ2n) is 5.10. The van der Waals surface area contributed by atoms with E-state index in [4.69, 9.17) is 9.84 Å². The van der Waals surface area contributed by atoms with Gasteiger partial charge in [0, 0.05) is 26.1 Å². The van der Waals surface area contributed by atoms with E-state index in [0.717, 1.165) is 12.8 Å². The predicted octanol–water partition coefficient (Wildman–Crippen LogP) is 1.45. The average Bonchev–Trinajstić information content (AvgIpc) is 2.31. The zero-order chi connectivity index (χ0) is 14.3. The molecular weight excluding hydrogens is 248 g/mol. The Labute approximate surface area is 114 Å². The number of aliphatic carboxylic acids is 1. The molecule has 0 bridgehead atoms. The summed E-state index contributed by atoms with van der Waals surface area (Å²) in [4.78, 5) is 24.0. The molecule has 0 spiro atoms. The normalized spacial score (nSPS) is 23.2. The molecule has 0 aromatic heterocycles. The van der Waals surface area contributed by atoms with E-state index in [1.54, 1.807) is 4.90 Å². The van der Waals surface area contributed by atoms with Crippen LogP contribution in [0.4, 0.5) is 4.79 Å². The lowest BCUT2D eigenvalue weighted by Gasteiger charge is -2.35. The van der Waals surface area contributed by atoms with E-state index < -0.39 is 5.97 Å². The summed E-state index contributed by atoms with van der Waals surface area (Å²) in [7, 11) is 0. The Bertz CT molecular complexity index is 299. The lowest BCUT2D eigenvalue weighted by molar-refractivity contribution is -0.137. The molecule has 1 rings (SSSR count). The van der Waals surface area contributed by atoms with Crippen LogP contribution < -0.4 is 5.32 Å². The summed E-state index contributed by atoms with van der Waals surface area (Å²) >= 11 is 0. The van der Waals surface area contributed by atoms with Crippen molar-refractivity contribution in [2.24, 2.45) is 0 Å². The summed E-state index contributed by atoms with van der Waals surface area (Å²) in [6.45, 7) is 5.76. The Morgan fingerprint density at radius 2 is 1.84 bits per heavy atom. The van der Waals surface area contributed by atoms with Gasteiger partial charge in [0.25, 0.3) is 0 Å². The van der Waals surface area contributed by atoms with Crippen molar-refractivity contribution in [2.75, 3.05) is 19.6 Å². The number of carbonyl (C=O) groups is 2. The number of unbranched alkanes of at least 4 members (excludes halogenated alkanes) is 2. The van der Waals surface area contributed by atoms with Gasteiger partial charge in [-0.1, -0.05) is 6.42 Å². The smallest absolute Gasteiger partial charge is 0.317 e. The number of hydrogen-bond acceptors (Lipinski definition) is 3. The fraction of sp³-hybridized carbons (Fsp3) is 0.846. The third-order valence-corrected chi connectivity index (χ3v) is 3.05. The van der Waals surface area contributed by atoms with Gasteiger partial charge in [-0.25, -0.2) is 4.79 Å². The van der Waals surface area contributed by atoms with Gasteiger partial charge in [-0.2, -0.15) is 0 Å². The van der Waals surface area contributed by atoms with Crippen molar-refractivity contribution < 1.29 is 19.4 Å². The summed E-state index contributed by atoms with van der Waals surface area (Å²) in [5.74, 6) is -0.764. The lowest BCUT2D eigenvalue weighted by atomic mass is 10.2. The van der Waals surface area contributed by atoms with E-state index in [-0.39, 0.29) is 24.7 Å². The minimum absolute atomic E-state index is 0.0553. The second kappa shape index (κ2) is 7.99. The molecule has 1 aliphatic heterocycles. The second-order valence-corrected chi connectivity index (χ2v) is 5.10. The van der Waals surface area contributed by atoms with Crippen LogP contribution in [0.3, 0.4) is 0 Å². The molecule has 2 unspecified atom stereocenters. The molecule has 0 aromatic carbocycles. The van der Waals surface area contributed by atoms with Gasteiger partial charge in [0.05, 0.1) is 12.2 Å². The Morgan fingerprint density at radius 3 is 2.42 bits per heavy atom. The van der Waals surface area contributed by atoms with E-state index in [2.05, 4.69) is 5.32 Å². The van der Waals surface area contributed by atoms with Gasteiger partial charge in [-0.05, 0) is 26.7 Å².